The molecule has 1 aromatic carbocycles. The van der Waals surface area contributed by atoms with E-state index in [0.717, 1.165) is 0 Å². The minimum absolute atomic E-state index is 0.0864. The summed E-state index contributed by atoms with van der Waals surface area (Å²) >= 11 is 11.2. The lowest BCUT2D eigenvalue weighted by Gasteiger charge is -2.08. The van der Waals surface area contributed by atoms with Crippen LogP contribution < -0.4 is 10.1 Å². The first kappa shape index (κ1) is 17.3. The van der Waals surface area contributed by atoms with Crippen LogP contribution in [-0.4, -0.2) is 11.8 Å². The zero-order valence-electron chi connectivity index (χ0n) is 11.3. The monoisotopic (exact) mass is 329 g/mol. The number of halogens is 3. The highest BCUT2D eigenvalue weighted by Gasteiger charge is 2.05. The standard InChI is InChI=1S/C15H14Cl2FNO2/c1-10(19-15(20)9-16)6-7-14(11(2)18)21-13-5-3-4-12(17)8-13/h3-8H,2,9H2,1H3,(H,19,20)/b10-6+,14-7+. The van der Waals surface area contributed by atoms with Gasteiger partial charge in [-0.1, -0.05) is 24.2 Å². The highest BCUT2D eigenvalue weighted by molar-refractivity contribution is 6.30. The third-order valence-electron chi connectivity index (χ3n) is 2.23. The first-order valence-corrected chi connectivity index (χ1v) is 6.86. The molecule has 1 amide bonds. The Kier molecular flexibility index (Phi) is 6.99. The van der Waals surface area contributed by atoms with Crippen molar-refractivity contribution in [3.63, 3.8) is 0 Å². The molecule has 3 nitrogen and oxygen atoms in total. The molecule has 0 heterocycles. The smallest absolute Gasteiger partial charge is 0.239 e. The number of amides is 1. The number of carbonyl (C=O) groups is 1. The van der Waals surface area contributed by atoms with Crippen LogP contribution in [0.5, 0.6) is 5.75 Å². The summed E-state index contributed by atoms with van der Waals surface area (Å²) in [6, 6.07) is 6.53. The topological polar surface area (TPSA) is 38.3 Å². The maximum Gasteiger partial charge on any atom is 0.239 e. The number of alkyl halides is 1. The van der Waals surface area contributed by atoms with E-state index >= 15 is 0 Å². The highest BCUT2D eigenvalue weighted by Crippen LogP contribution is 2.22. The summed E-state index contributed by atoms with van der Waals surface area (Å²) < 4.78 is 18.7. The molecule has 0 radical (unpaired) electrons. The van der Waals surface area contributed by atoms with Crippen molar-refractivity contribution in [1.82, 2.24) is 5.32 Å². The van der Waals surface area contributed by atoms with Gasteiger partial charge in [0.2, 0.25) is 5.91 Å². The molecule has 0 bridgehead atoms. The van der Waals surface area contributed by atoms with Gasteiger partial charge in [-0.15, -0.1) is 11.6 Å². The molecule has 0 aliphatic rings. The molecule has 0 atom stereocenters. The molecule has 0 saturated heterocycles. The number of nitrogens with one attached hydrogen (secondary N) is 1. The number of hydrogen-bond acceptors (Lipinski definition) is 2. The number of carbonyl (C=O) groups excluding carboxylic acids is 1. The molecular formula is C15H14Cl2FNO2. The Morgan fingerprint density at radius 2 is 2.19 bits per heavy atom. The SMILES string of the molecule is C=C(F)/C(=C\C=C(/C)NC(=O)CCl)Oc1cccc(Cl)c1. The van der Waals surface area contributed by atoms with Crippen LogP contribution in [0.15, 0.2) is 60.3 Å². The molecule has 0 aliphatic carbocycles. The van der Waals surface area contributed by atoms with Crippen molar-refractivity contribution in [2.24, 2.45) is 0 Å². The summed E-state index contributed by atoms with van der Waals surface area (Å²) in [4.78, 5) is 11.1. The van der Waals surface area contributed by atoms with E-state index in [4.69, 9.17) is 27.9 Å². The lowest BCUT2D eigenvalue weighted by Crippen LogP contribution is -2.22. The predicted molar refractivity (Wildman–Crippen MR) is 83.0 cm³/mol. The van der Waals surface area contributed by atoms with Crippen molar-refractivity contribution in [3.05, 3.63) is 65.3 Å². The molecule has 112 valence electrons. The molecule has 0 saturated carbocycles. The quantitative estimate of drug-likeness (QED) is 0.479. The molecule has 0 aliphatic heterocycles. The van der Waals surface area contributed by atoms with E-state index in [1.807, 2.05) is 0 Å². The van der Waals surface area contributed by atoms with E-state index in [2.05, 4.69) is 11.9 Å². The molecule has 0 aromatic heterocycles. The van der Waals surface area contributed by atoms with Crippen LogP contribution in [-0.2, 0) is 4.79 Å². The second-order valence-electron chi connectivity index (χ2n) is 4.03. The molecule has 1 N–H and O–H groups in total. The predicted octanol–water partition coefficient (Wildman–Crippen LogP) is 4.34. The maximum atomic E-state index is 13.4. The van der Waals surface area contributed by atoms with Gasteiger partial charge in [-0.25, -0.2) is 4.39 Å². The summed E-state index contributed by atoms with van der Waals surface area (Å²) in [7, 11) is 0. The minimum atomic E-state index is -0.748. The molecule has 1 aromatic rings. The molecule has 1 rings (SSSR count). The zero-order valence-corrected chi connectivity index (χ0v) is 12.8. The summed E-state index contributed by atoms with van der Waals surface area (Å²) in [6.07, 6.45) is 2.84. The van der Waals surface area contributed by atoms with Gasteiger partial charge in [-0.2, -0.15) is 0 Å². The van der Waals surface area contributed by atoms with Gasteiger partial charge in [0.25, 0.3) is 0 Å². The fourth-order valence-electron chi connectivity index (χ4n) is 1.33. The molecular weight excluding hydrogens is 316 g/mol. The molecule has 21 heavy (non-hydrogen) atoms. The van der Waals surface area contributed by atoms with Gasteiger partial charge in [-0.3, -0.25) is 4.79 Å². The number of ether oxygens (including phenoxy) is 1. The van der Waals surface area contributed by atoms with Crippen molar-refractivity contribution >= 4 is 29.1 Å². The normalized spacial score (nSPS) is 12.0. The van der Waals surface area contributed by atoms with Crippen molar-refractivity contribution < 1.29 is 13.9 Å². The number of allylic oxidation sites excluding steroid dienone is 4. The van der Waals surface area contributed by atoms with Crippen LogP contribution >= 0.6 is 23.2 Å². The van der Waals surface area contributed by atoms with Gasteiger partial charge in [0.15, 0.2) is 11.6 Å². The third kappa shape index (κ3) is 6.47. The maximum absolute atomic E-state index is 13.4. The van der Waals surface area contributed by atoms with E-state index < -0.39 is 5.83 Å². The Bertz CT molecular complexity index is 597. The Labute approximate surface area is 132 Å². The van der Waals surface area contributed by atoms with Crippen molar-refractivity contribution in [3.8, 4) is 5.75 Å². The van der Waals surface area contributed by atoms with Gasteiger partial charge >= 0.3 is 0 Å². The minimum Gasteiger partial charge on any atom is -0.454 e. The summed E-state index contributed by atoms with van der Waals surface area (Å²) in [5, 5.41) is 2.98. The van der Waals surface area contributed by atoms with E-state index in [1.54, 1.807) is 31.2 Å². The Balaban J connectivity index is 2.86. The average molecular weight is 330 g/mol. The lowest BCUT2D eigenvalue weighted by molar-refractivity contribution is -0.117. The average Bonchev–Trinajstić information content (AvgIpc) is 2.43. The Morgan fingerprint density at radius 1 is 1.48 bits per heavy atom. The molecule has 0 fully saturated rings. The molecule has 0 unspecified atom stereocenters. The fraction of sp³-hybridized carbons (Fsp3) is 0.133. The van der Waals surface area contributed by atoms with E-state index in [9.17, 15) is 9.18 Å². The second kappa shape index (κ2) is 8.49. The van der Waals surface area contributed by atoms with E-state index in [0.29, 0.717) is 16.5 Å². The van der Waals surface area contributed by atoms with Crippen molar-refractivity contribution in [1.29, 1.82) is 0 Å². The summed E-state index contributed by atoms with van der Waals surface area (Å²) in [5.74, 6) is -0.964. The highest BCUT2D eigenvalue weighted by atomic mass is 35.5. The van der Waals surface area contributed by atoms with Crippen LogP contribution in [0.3, 0.4) is 0 Å². The molecule has 0 spiro atoms. The van der Waals surface area contributed by atoms with Gasteiger partial charge in [-0.05, 0) is 37.3 Å². The molecule has 6 heteroatoms. The number of hydrogen-bond donors (Lipinski definition) is 1. The summed E-state index contributed by atoms with van der Waals surface area (Å²) in [6.45, 7) is 4.84. The van der Waals surface area contributed by atoms with Gasteiger partial charge in [0.05, 0.1) is 0 Å². The van der Waals surface area contributed by atoms with Gasteiger partial charge < -0.3 is 10.1 Å². The Morgan fingerprint density at radius 3 is 2.76 bits per heavy atom. The van der Waals surface area contributed by atoms with E-state index in [1.165, 1.54) is 12.2 Å². The lowest BCUT2D eigenvalue weighted by atomic mass is 10.3. The first-order chi connectivity index (χ1) is 9.92. The van der Waals surface area contributed by atoms with Crippen LogP contribution in [0, 0.1) is 0 Å². The van der Waals surface area contributed by atoms with Gasteiger partial charge in [0, 0.05) is 10.7 Å². The fourth-order valence-corrected chi connectivity index (χ4v) is 1.58. The number of benzene rings is 1. The summed E-state index contributed by atoms with van der Waals surface area (Å²) in [5.41, 5.74) is 0.495. The Hall–Kier alpha value is -1.78. The van der Waals surface area contributed by atoms with E-state index in [-0.39, 0.29) is 17.5 Å². The number of rotatable bonds is 6. The zero-order chi connectivity index (χ0) is 15.8. The van der Waals surface area contributed by atoms with Crippen LogP contribution in [0.25, 0.3) is 0 Å². The van der Waals surface area contributed by atoms with Crippen LogP contribution in [0.2, 0.25) is 5.02 Å². The second-order valence-corrected chi connectivity index (χ2v) is 4.73. The van der Waals surface area contributed by atoms with Crippen LogP contribution in [0.1, 0.15) is 6.92 Å². The van der Waals surface area contributed by atoms with Crippen molar-refractivity contribution in [2.45, 2.75) is 6.92 Å². The van der Waals surface area contributed by atoms with Crippen LogP contribution in [0.4, 0.5) is 4.39 Å². The largest absolute Gasteiger partial charge is 0.454 e. The van der Waals surface area contributed by atoms with Gasteiger partial charge in [0.1, 0.15) is 11.6 Å². The first-order valence-electron chi connectivity index (χ1n) is 5.95. The third-order valence-corrected chi connectivity index (χ3v) is 2.71. The van der Waals surface area contributed by atoms with Crippen molar-refractivity contribution in [2.75, 3.05) is 5.88 Å².